The summed E-state index contributed by atoms with van der Waals surface area (Å²) in [6, 6.07) is 0. The third-order valence-electron chi connectivity index (χ3n) is 3.18. The average molecular weight is 303 g/mol. The van der Waals surface area contributed by atoms with Crippen LogP contribution in [0.3, 0.4) is 0 Å². The van der Waals surface area contributed by atoms with Crippen molar-refractivity contribution < 1.29 is 8.42 Å². The van der Waals surface area contributed by atoms with Gasteiger partial charge in [-0.1, -0.05) is 0 Å². The first kappa shape index (κ1) is 14.7. The van der Waals surface area contributed by atoms with Gasteiger partial charge in [0.1, 0.15) is 0 Å². The molecule has 1 aliphatic rings. The number of nitrogens with one attached hydrogen (secondary N) is 2. The Balaban J connectivity index is 1.90. The molecule has 1 heterocycles. The quantitative estimate of drug-likeness (QED) is 0.753. The molecule has 0 unspecified atom stereocenters. The number of rotatable bonds is 7. The number of aryl methyl sites for hydroxylation is 2. The van der Waals surface area contributed by atoms with E-state index in [0.29, 0.717) is 11.6 Å². The van der Waals surface area contributed by atoms with Crippen LogP contribution >= 0.6 is 11.3 Å². The molecule has 0 spiro atoms. The Bertz CT molecular complexity index is 488. The zero-order valence-electron chi connectivity index (χ0n) is 11.2. The van der Waals surface area contributed by atoms with Crippen LogP contribution in [0.4, 0.5) is 5.13 Å². The molecule has 1 aromatic heterocycles. The monoisotopic (exact) mass is 303 g/mol. The second kappa shape index (κ2) is 6.67. The van der Waals surface area contributed by atoms with Gasteiger partial charge in [-0.05, 0) is 52.1 Å². The van der Waals surface area contributed by atoms with Gasteiger partial charge in [0.2, 0.25) is 10.0 Å². The largest absolute Gasteiger partial charge is 0.320 e. The highest BCUT2D eigenvalue weighted by molar-refractivity contribution is 7.92. The second-order valence-corrected chi connectivity index (χ2v) is 7.75. The van der Waals surface area contributed by atoms with Crippen LogP contribution in [-0.2, 0) is 22.9 Å². The predicted octanol–water partition coefficient (Wildman–Crippen LogP) is 1.76. The van der Waals surface area contributed by atoms with Crippen LogP contribution in [0.1, 0.15) is 36.3 Å². The van der Waals surface area contributed by atoms with Gasteiger partial charge in [-0.15, -0.1) is 11.3 Å². The Labute approximate surface area is 118 Å². The molecular formula is C12H21N3O2S2. The van der Waals surface area contributed by atoms with Crippen LogP contribution in [0.5, 0.6) is 0 Å². The molecular weight excluding hydrogens is 282 g/mol. The van der Waals surface area contributed by atoms with Gasteiger partial charge < -0.3 is 5.32 Å². The van der Waals surface area contributed by atoms with E-state index in [1.807, 2.05) is 7.05 Å². The predicted molar refractivity (Wildman–Crippen MR) is 79.3 cm³/mol. The van der Waals surface area contributed by atoms with Crippen LogP contribution in [-0.4, -0.2) is 32.7 Å². The highest BCUT2D eigenvalue weighted by Gasteiger charge is 2.18. The fourth-order valence-electron chi connectivity index (χ4n) is 2.17. The van der Waals surface area contributed by atoms with Gasteiger partial charge in [0.05, 0.1) is 11.4 Å². The second-order valence-electron chi connectivity index (χ2n) is 4.83. The molecule has 2 N–H and O–H groups in total. The molecule has 0 aliphatic heterocycles. The van der Waals surface area contributed by atoms with Crippen LogP contribution in [0.25, 0.3) is 0 Å². The summed E-state index contributed by atoms with van der Waals surface area (Å²) < 4.78 is 26.4. The van der Waals surface area contributed by atoms with Gasteiger partial charge in [0.15, 0.2) is 5.13 Å². The Kier molecular flexibility index (Phi) is 5.18. The normalized spacial score (nSPS) is 15.2. The number of aromatic nitrogens is 1. The smallest absolute Gasteiger partial charge is 0.234 e. The van der Waals surface area contributed by atoms with Crippen molar-refractivity contribution in [2.75, 3.05) is 24.1 Å². The van der Waals surface area contributed by atoms with E-state index in [2.05, 4.69) is 15.0 Å². The lowest BCUT2D eigenvalue weighted by molar-refractivity contribution is 0.595. The molecule has 0 bridgehead atoms. The van der Waals surface area contributed by atoms with Crippen molar-refractivity contribution >= 4 is 26.5 Å². The summed E-state index contributed by atoms with van der Waals surface area (Å²) in [5, 5.41) is 3.55. The zero-order chi connectivity index (χ0) is 13.7. The van der Waals surface area contributed by atoms with E-state index in [0.717, 1.165) is 37.9 Å². The number of nitrogens with zero attached hydrogens (tertiary/aromatic N) is 1. The highest BCUT2D eigenvalue weighted by Crippen LogP contribution is 2.30. The zero-order valence-corrected chi connectivity index (χ0v) is 12.9. The average Bonchev–Trinajstić information content (AvgIpc) is 2.75. The molecule has 0 saturated heterocycles. The molecule has 1 aliphatic carbocycles. The molecule has 0 aromatic carbocycles. The molecule has 0 saturated carbocycles. The van der Waals surface area contributed by atoms with E-state index >= 15 is 0 Å². The van der Waals surface area contributed by atoms with E-state index in [-0.39, 0.29) is 5.75 Å². The van der Waals surface area contributed by atoms with Crippen molar-refractivity contribution in [1.82, 2.24) is 10.3 Å². The molecule has 0 fully saturated rings. The molecule has 19 heavy (non-hydrogen) atoms. The molecule has 2 rings (SSSR count). The lowest BCUT2D eigenvalue weighted by Crippen LogP contribution is -2.18. The Morgan fingerprint density at radius 1 is 1.26 bits per heavy atom. The lowest BCUT2D eigenvalue weighted by atomic mass is 10.0. The summed E-state index contributed by atoms with van der Waals surface area (Å²) in [4.78, 5) is 5.65. The molecule has 108 valence electrons. The lowest BCUT2D eigenvalue weighted by Gasteiger charge is -2.06. The van der Waals surface area contributed by atoms with Crippen molar-refractivity contribution in [3.05, 3.63) is 10.6 Å². The Morgan fingerprint density at radius 2 is 2.05 bits per heavy atom. The molecule has 0 radical (unpaired) electrons. The van der Waals surface area contributed by atoms with Gasteiger partial charge >= 0.3 is 0 Å². The van der Waals surface area contributed by atoms with Crippen molar-refractivity contribution in [3.8, 4) is 0 Å². The first-order valence-corrected chi connectivity index (χ1v) is 9.21. The summed E-state index contributed by atoms with van der Waals surface area (Å²) in [5.74, 6) is 0.166. The Hall–Kier alpha value is -0.660. The number of hydrogen-bond donors (Lipinski definition) is 2. The SMILES string of the molecule is CNCCCCS(=O)(=O)Nc1nc2c(s1)CCCC2. The van der Waals surface area contributed by atoms with E-state index in [9.17, 15) is 8.42 Å². The molecule has 7 heteroatoms. The summed E-state index contributed by atoms with van der Waals surface area (Å²) in [6.07, 6.45) is 5.90. The van der Waals surface area contributed by atoms with Crippen LogP contribution in [0, 0.1) is 0 Å². The number of thiazole rings is 1. The Morgan fingerprint density at radius 3 is 2.79 bits per heavy atom. The third-order valence-corrected chi connectivity index (χ3v) is 5.71. The van der Waals surface area contributed by atoms with Gasteiger partial charge in [-0.25, -0.2) is 13.4 Å². The maximum absolute atomic E-state index is 11.9. The summed E-state index contributed by atoms with van der Waals surface area (Å²) in [7, 11) is -1.38. The summed E-state index contributed by atoms with van der Waals surface area (Å²) in [6.45, 7) is 0.848. The third kappa shape index (κ3) is 4.43. The fourth-order valence-corrected chi connectivity index (χ4v) is 4.62. The van der Waals surface area contributed by atoms with Crippen molar-refractivity contribution in [2.24, 2.45) is 0 Å². The highest BCUT2D eigenvalue weighted by atomic mass is 32.2. The molecule has 1 aromatic rings. The van der Waals surface area contributed by atoms with Gasteiger partial charge in [0.25, 0.3) is 0 Å². The fraction of sp³-hybridized carbons (Fsp3) is 0.750. The maximum Gasteiger partial charge on any atom is 0.234 e. The molecule has 5 nitrogen and oxygen atoms in total. The molecule has 0 atom stereocenters. The first-order chi connectivity index (χ1) is 9.11. The van der Waals surface area contributed by atoms with E-state index < -0.39 is 10.0 Å². The number of unbranched alkanes of at least 4 members (excludes halogenated alkanes) is 1. The minimum absolute atomic E-state index is 0.166. The molecule has 0 amide bonds. The number of sulfonamides is 1. The topological polar surface area (TPSA) is 71.1 Å². The van der Waals surface area contributed by atoms with Crippen molar-refractivity contribution in [1.29, 1.82) is 0 Å². The van der Waals surface area contributed by atoms with Gasteiger partial charge in [-0.3, -0.25) is 4.72 Å². The van der Waals surface area contributed by atoms with Crippen LogP contribution in [0.15, 0.2) is 0 Å². The van der Waals surface area contributed by atoms with Crippen molar-refractivity contribution in [3.63, 3.8) is 0 Å². The summed E-state index contributed by atoms with van der Waals surface area (Å²) >= 11 is 1.49. The standard InChI is InChI=1S/C12H21N3O2S2/c1-13-8-4-5-9-19(16,17)15-12-14-10-6-2-3-7-11(10)18-12/h13H,2-9H2,1H3,(H,14,15). The van der Waals surface area contributed by atoms with E-state index in [4.69, 9.17) is 0 Å². The van der Waals surface area contributed by atoms with Gasteiger partial charge in [-0.2, -0.15) is 0 Å². The minimum atomic E-state index is -3.24. The number of fused-ring (bicyclic) bond motifs is 1. The number of anilines is 1. The van der Waals surface area contributed by atoms with Crippen LogP contribution < -0.4 is 10.0 Å². The summed E-state index contributed by atoms with van der Waals surface area (Å²) in [5.41, 5.74) is 1.09. The van der Waals surface area contributed by atoms with E-state index in [1.165, 1.54) is 22.6 Å². The van der Waals surface area contributed by atoms with Crippen molar-refractivity contribution in [2.45, 2.75) is 38.5 Å². The maximum atomic E-state index is 11.9. The van der Waals surface area contributed by atoms with Gasteiger partial charge in [0, 0.05) is 4.88 Å². The first-order valence-electron chi connectivity index (χ1n) is 6.74. The minimum Gasteiger partial charge on any atom is -0.320 e. The van der Waals surface area contributed by atoms with E-state index in [1.54, 1.807) is 0 Å². The van der Waals surface area contributed by atoms with Crippen LogP contribution in [0.2, 0.25) is 0 Å². The number of hydrogen-bond acceptors (Lipinski definition) is 5.